The number of nitrogens with one attached hydrogen (secondary N) is 1. The highest BCUT2D eigenvalue weighted by Gasteiger charge is 2.13. The Morgan fingerprint density at radius 3 is 2.79 bits per heavy atom. The summed E-state index contributed by atoms with van der Waals surface area (Å²) in [6, 6.07) is 2.96. The van der Waals surface area contributed by atoms with Crippen LogP contribution in [0.3, 0.4) is 0 Å². The fraction of sp³-hybridized carbons (Fsp3) is 0.333. The van der Waals surface area contributed by atoms with Crippen molar-refractivity contribution in [3.63, 3.8) is 0 Å². The highest BCUT2D eigenvalue weighted by Crippen LogP contribution is 2.16. The molecule has 0 aliphatic heterocycles. The smallest absolute Gasteiger partial charge is 0.269 e. The van der Waals surface area contributed by atoms with Crippen LogP contribution in [0.4, 0.5) is 8.78 Å². The quantitative estimate of drug-likeness (QED) is 0.786. The van der Waals surface area contributed by atoms with Crippen molar-refractivity contribution in [1.82, 2.24) is 4.98 Å². The molecule has 1 N–H and O–H groups in total. The number of hydrogen-bond acceptors (Lipinski definition) is 2. The molecule has 1 aromatic heterocycles. The number of nitrogens with zero attached hydrogens (tertiary/aromatic N) is 1. The maximum absolute atomic E-state index is 12.2. The van der Waals surface area contributed by atoms with Gasteiger partial charge in [0.05, 0.1) is 18.1 Å². The van der Waals surface area contributed by atoms with Crippen molar-refractivity contribution in [1.29, 1.82) is 5.26 Å². The number of alkyl halides is 2. The lowest BCUT2D eigenvalue weighted by molar-refractivity contribution is 0.149. The second kappa shape index (κ2) is 4.01. The molecule has 0 spiro atoms. The standard InChI is InChI=1S/C9H8F2N2O/c1-5-4-6(8(10)11)9(14)13-7(5)2-3-12/h4,8H,2H2,1H3,(H,13,14). The average molecular weight is 198 g/mol. The number of rotatable bonds is 2. The Morgan fingerprint density at radius 2 is 2.29 bits per heavy atom. The summed E-state index contributed by atoms with van der Waals surface area (Å²) in [5.41, 5.74) is -0.483. The Morgan fingerprint density at radius 1 is 1.64 bits per heavy atom. The summed E-state index contributed by atoms with van der Waals surface area (Å²) >= 11 is 0. The summed E-state index contributed by atoms with van der Waals surface area (Å²) in [5, 5.41) is 8.39. The molecule has 0 amide bonds. The average Bonchev–Trinajstić information content (AvgIpc) is 2.10. The SMILES string of the molecule is Cc1cc(C(F)F)c(=O)[nH]c1CC#N. The van der Waals surface area contributed by atoms with Gasteiger partial charge in [0.1, 0.15) is 0 Å². The number of aromatic amines is 1. The molecule has 1 heterocycles. The summed E-state index contributed by atoms with van der Waals surface area (Å²) in [5.74, 6) is 0. The lowest BCUT2D eigenvalue weighted by Gasteiger charge is -2.04. The molecule has 0 saturated heterocycles. The molecule has 14 heavy (non-hydrogen) atoms. The van der Waals surface area contributed by atoms with Gasteiger partial charge in [-0.15, -0.1) is 0 Å². The van der Waals surface area contributed by atoms with E-state index in [1.54, 1.807) is 6.92 Å². The molecule has 1 rings (SSSR count). The van der Waals surface area contributed by atoms with Crippen LogP contribution >= 0.6 is 0 Å². The molecule has 0 fully saturated rings. The molecular weight excluding hydrogens is 190 g/mol. The number of halogens is 2. The largest absolute Gasteiger partial charge is 0.324 e. The first-order valence-electron chi connectivity index (χ1n) is 3.94. The lowest BCUT2D eigenvalue weighted by Crippen LogP contribution is -2.16. The van der Waals surface area contributed by atoms with Crippen LogP contribution in [0.2, 0.25) is 0 Å². The molecule has 0 bridgehead atoms. The number of pyridine rings is 1. The second-order valence-electron chi connectivity index (χ2n) is 2.85. The third kappa shape index (κ3) is 1.96. The summed E-state index contributed by atoms with van der Waals surface area (Å²) in [7, 11) is 0. The van der Waals surface area contributed by atoms with Gasteiger partial charge in [-0.2, -0.15) is 5.26 Å². The predicted molar refractivity (Wildman–Crippen MR) is 46.1 cm³/mol. The third-order valence-corrected chi connectivity index (χ3v) is 1.87. The van der Waals surface area contributed by atoms with Gasteiger partial charge in [-0.25, -0.2) is 8.78 Å². The Labute approximate surface area is 79.0 Å². The van der Waals surface area contributed by atoms with E-state index in [1.807, 2.05) is 6.07 Å². The van der Waals surface area contributed by atoms with E-state index in [0.717, 1.165) is 6.07 Å². The van der Waals surface area contributed by atoms with Crippen LogP contribution < -0.4 is 5.56 Å². The molecule has 5 heteroatoms. The van der Waals surface area contributed by atoms with Gasteiger partial charge in [-0.05, 0) is 18.6 Å². The fourth-order valence-corrected chi connectivity index (χ4v) is 1.12. The molecule has 74 valence electrons. The molecule has 3 nitrogen and oxygen atoms in total. The van der Waals surface area contributed by atoms with Gasteiger partial charge in [0.2, 0.25) is 0 Å². The third-order valence-electron chi connectivity index (χ3n) is 1.87. The van der Waals surface area contributed by atoms with Crippen molar-refractivity contribution in [2.24, 2.45) is 0 Å². The van der Waals surface area contributed by atoms with E-state index < -0.39 is 17.5 Å². The molecular formula is C9H8F2N2O. The number of hydrogen-bond donors (Lipinski definition) is 1. The summed E-state index contributed by atoms with van der Waals surface area (Å²) in [6.45, 7) is 1.58. The first-order chi connectivity index (χ1) is 6.56. The summed E-state index contributed by atoms with van der Waals surface area (Å²) in [4.78, 5) is 13.3. The number of nitriles is 1. The summed E-state index contributed by atoms with van der Waals surface area (Å²) in [6.07, 6.45) is -2.77. The zero-order valence-electron chi connectivity index (χ0n) is 7.47. The lowest BCUT2D eigenvalue weighted by atomic mass is 10.1. The van der Waals surface area contributed by atoms with E-state index in [4.69, 9.17) is 5.26 Å². The monoisotopic (exact) mass is 198 g/mol. The highest BCUT2D eigenvalue weighted by molar-refractivity contribution is 5.26. The molecule has 0 atom stereocenters. The maximum atomic E-state index is 12.2. The van der Waals surface area contributed by atoms with Crippen LogP contribution in [0.25, 0.3) is 0 Å². The molecule has 0 saturated carbocycles. The van der Waals surface area contributed by atoms with Gasteiger partial charge < -0.3 is 4.98 Å². The normalized spacial score (nSPS) is 10.2. The van der Waals surface area contributed by atoms with Gasteiger partial charge in [-0.1, -0.05) is 0 Å². The Bertz CT molecular complexity index is 431. The molecule has 1 aromatic rings. The van der Waals surface area contributed by atoms with Gasteiger partial charge in [0.25, 0.3) is 12.0 Å². The van der Waals surface area contributed by atoms with Crippen LogP contribution in [0.5, 0.6) is 0 Å². The Balaban J connectivity index is 3.26. The van der Waals surface area contributed by atoms with Crippen molar-refractivity contribution in [2.75, 3.05) is 0 Å². The van der Waals surface area contributed by atoms with Crippen LogP contribution in [0, 0.1) is 18.3 Å². The van der Waals surface area contributed by atoms with Crippen LogP contribution in [0.15, 0.2) is 10.9 Å². The highest BCUT2D eigenvalue weighted by atomic mass is 19.3. The van der Waals surface area contributed by atoms with Crippen molar-refractivity contribution < 1.29 is 8.78 Å². The van der Waals surface area contributed by atoms with Crippen molar-refractivity contribution in [3.8, 4) is 6.07 Å². The van der Waals surface area contributed by atoms with E-state index in [9.17, 15) is 13.6 Å². The first kappa shape index (κ1) is 10.4. The second-order valence-corrected chi connectivity index (χ2v) is 2.85. The minimum atomic E-state index is -2.78. The van der Waals surface area contributed by atoms with Gasteiger partial charge >= 0.3 is 0 Å². The molecule has 0 aliphatic carbocycles. The van der Waals surface area contributed by atoms with Gasteiger partial charge in [0, 0.05) is 5.69 Å². The summed E-state index contributed by atoms with van der Waals surface area (Å²) < 4.78 is 24.5. The predicted octanol–water partition coefficient (Wildman–Crippen LogP) is 1.69. The fourth-order valence-electron chi connectivity index (χ4n) is 1.12. The Hall–Kier alpha value is -1.70. The topological polar surface area (TPSA) is 56.6 Å². The number of aromatic nitrogens is 1. The first-order valence-corrected chi connectivity index (χ1v) is 3.94. The van der Waals surface area contributed by atoms with Crippen molar-refractivity contribution in [3.05, 3.63) is 33.2 Å². The molecule has 0 aromatic carbocycles. The zero-order chi connectivity index (χ0) is 10.7. The molecule has 0 radical (unpaired) electrons. The number of aryl methyl sites for hydroxylation is 1. The van der Waals surface area contributed by atoms with Gasteiger partial charge in [0.15, 0.2) is 0 Å². The van der Waals surface area contributed by atoms with Gasteiger partial charge in [-0.3, -0.25) is 4.79 Å². The maximum Gasteiger partial charge on any atom is 0.269 e. The van der Waals surface area contributed by atoms with Crippen LogP contribution in [-0.4, -0.2) is 4.98 Å². The minimum absolute atomic E-state index is 0.0184. The van der Waals surface area contributed by atoms with Crippen LogP contribution in [-0.2, 0) is 6.42 Å². The van der Waals surface area contributed by atoms with E-state index in [0.29, 0.717) is 11.3 Å². The minimum Gasteiger partial charge on any atom is -0.324 e. The van der Waals surface area contributed by atoms with E-state index >= 15 is 0 Å². The van der Waals surface area contributed by atoms with E-state index in [1.165, 1.54) is 0 Å². The van der Waals surface area contributed by atoms with Crippen LogP contribution in [0.1, 0.15) is 23.2 Å². The van der Waals surface area contributed by atoms with Crippen molar-refractivity contribution >= 4 is 0 Å². The van der Waals surface area contributed by atoms with E-state index in [2.05, 4.69) is 4.98 Å². The van der Waals surface area contributed by atoms with E-state index in [-0.39, 0.29) is 6.42 Å². The van der Waals surface area contributed by atoms with Crippen molar-refractivity contribution in [2.45, 2.75) is 19.8 Å². The molecule has 0 aliphatic rings. The number of H-pyrrole nitrogens is 1. The molecule has 0 unspecified atom stereocenters. The Kier molecular flexibility index (Phi) is 2.97. The zero-order valence-corrected chi connectivity index (χ0v) is 7.47.